The molecule has 1 aromatic rings. The Balaban J connectivity index is 2.35. The van der Waals surface area contributed by atoms with E-state index in [9.17, 15) is 0 Å². The Morgan fingerprint density at radius 3 is 2.71 bits per heavy atom. The van der Waals surface area contributed by atoms with E-state index in [0.29, 0.717) is 6.01 Å². The van der Waals surface area contributed by atoms with Crippen LogP contribution in [0.25, 0.3) is 0 Å². The molecule has 0 fully saturated rings. The minimum Gasteiger partial charge on any atom is -0.432 e. The van der Waals surface area contributed by atoms with Crippen molar-refractivity contribution >= 4 is 6.01 Å². The summed E-state index contributed by atoms with van der Waals surface area (Å²) in [5, 5.41) is 3.23. The van der Waals surface area contributed by atoms with Gasteiger partial charge in [0.15, 0.2) is 0 Å². The van der Waals surface area contributed by atoms with Gasteiger partial charge < -0.3 is 19.5 Å². The summed E-state index contributed by atoms with van der Waals surface area (Å²) in [6.07, 6.45) is 2.83. The summed E-state index contributed by atoms with van der Waals surface area (Å²) < 4.78 is 5.44. The highest BCUT2D eigenvalue weighted by Crippen LogP contribution is 2.12. The lowest BCUT2D eigenvalue weighted by Gasteiger charge is -2.16. The quantitative estimate of drug-likeness (QED) is 0.739. The largest absolute Gasteiger partial charge is 0.432 e. The summed E-state index contributed by atoms with van der Waals surface area (Å²) in [6, 6.07) is 0.705. The van der Waals surface area contributed by atoms with E-state index >= 15 is 0 Å². The average Bonchev–Trinajstić information content (AvgIpc) is 2.74. The normalized spacial score (nSPS) is 11.1. The number of nitrogens with one attached hydrogen (secondary N) is 1. The fraction of sp³-hybridized carbons (Fsp3) is 0.750. The van der Waals surface area contributed by atoms with Crippen molar-refractivity contribution < 1.29 is 4.42 Å². The third-order valence-corrected chi connectivity index (χ3v) is 2.52. The topological polar surface area (TPSA) is 44.5 Å². The van der Waals surface area contributed by atoms with Crippen LogP contribution in [-0.2, 0) is 6.54 Å². The van der Waals surface area contributed by atoms with Crippen LogP contribution in [0, 0.1) is 0 Å². The molecule has 17 heavy (non-hydrogen) atoms. The maximum absolute atomic E-state index is 5.44. The van der Waals surface area contributed by atoms with Gasteiger partial charge in [-0.05, 0) is 33.6 Å². The summed E-state index contributed by atoms with van der Waals surface area (Å²) >= 11 is 0. The van der Waals surface area contributed by atoms with Crippen LogP contribution in [0.5, 0.6) is 0 Å². The first-order valence-corrected chi connectivity index (χ1v) is 6.14. The monoisotopic (exact) mass is 240 g/mol. The first-order valence-electron chi connectivity index (χ1n) is 6.14. The number of hydrogen-bond acceptors (Lipinski definition) is 5. The molecule has 0 amide bonds. The first-order chi connectivity index (χ1) is 8.13. The van der Waals surface area contributed by atoms with E-state index in [1.54, 1.807) is 6.26 Å². The van der Waals surface area contributed by atoms with Crippen molar-refractivity contribution in [2.75, 3.05) is 45.7 Å². The molecule has 1 aromatic heterocycles. The molecule has 1 rings (SSSR count). The van der Waals surface area contributed by atoms with Crippen molar-refractivity contribution in [3.05, 3.63) is 12.0 Å². The van der Waals surface area contributed by atoms with E-state index in [0.717, 1.165) is 38.3 Å². The lowest BCUT2D eigenvalue weighted by atomic mass is 10.4. The smallest absolute Gasteiger partial charge is 0.297 e. The summed E-state index contributed by atoms with van der Waals surface area (Å²) in [7, 11) is 6.18. The van der Waals surface area contributed by atoms with E-state index in [1.807, 2.05) is 7.05 Å². The van der Waals surface area contributed by atoms with Gasteiger partial charge in [0.05, 0.1) is 5.69 Å². The van der Waals surface area contributed by atoms with Crippen LogP contribution in [0.15, 0.2) is 10.7 Å². The summed E-state index contributed by atoms with van der Waals surface area (Å²) in [4.78, 5) is 8.66. The third kappa shape index (κ3) is 5.19. The maximum Gasteiger partial charge on any atom is 0.297 e. The Hall–Kier alpha value is -1.07. The highest BCUT2D eigenvalue weighted by molar-refractivity contribution is 5.24. The highest BCUT2D eigenvalue weighted by atomic mass is 16.4. The van der Waals surface area contributed by atoms with Gasteiger partial charge in [-0.15, -0.1) is 0 Å². The van der Waals surface area contributed by atoms with Gasteiger partial charge in [0.1, 0.15) is 6.26 Å². The lowest BCUT2D eigenvalue weighted by molar-refractivity contribution is 0.399. The molecule has 0 aromatic carbocycles. The van der Waals surface area contributed by atoms with Gasteiger partial charge in [0.2, 0.25) is 0 Å². The Morgan fingerprint density at radius 1 is 1.29 bits per heavy atom. The molecule has 0 unspecified atom stereocenters. The molecular weight excluding hydrogens is 216 g/mol. The Bertz CT molecular complexity index is 311. The van der Waals surface area contributed by atoms with E-state index in [1.165, 1.54) is 0 Å². The molecular formula is C12H24N4O. The van der Waals surface area contributed by atoms with E-state index < -0.39 is 0 Å². The Labute approximate surface area is 104 Å². The SMILES string of the molecule is CCNCc1coc(N(C)CCCN(C)C)n1. The van der Waals surface area contributed by atoms with Gasteiger partial charge in [0, 0.05) is 20.1 Å². The van der Waals surface area contributed by atoms with Gasteiger partial charge in [-0.2, -0.15) is 4.98 Å². The Morgan fingerprint density at radius 2 is 2.06 bits per heavy atom. The second kappa shape index (κ2) is 7.29. The number of aromatic nitrogens is 1. The molecule has 98 valence electrons. The van der Waals surface area contributed by atoms with Gasteiger partial charge in [-0.25, -0.2) is 0 Å². The minimum absolute atomic E-state index is 0.705. The van der Waals surface area contributed by atoms with Gasteiger partial charge >= 0.3 is 0 Å². The van der Waals surface area contributed by atoms with Crippen LogP contribution in [0.3, 0.4) is 0 Å². The maximum atomic E-state index is 5.44. The van der Waals surface area contributed by atoms with Gasteiger partial charge in [0.25, 0.3) is 6.01 Å². The van der Waals surface area contributed by atoms with Crippen molar-refractivity contribution in [2.24, 2.45) is 0 Å². The molecule has 0 aliphatic carbocycles. The second-order valence-electron chi connectivity index (χ2n) is 4.48. The number of rotatable bonds is 8. The predicted octanol–water partition coefficient (Wildman–Crippen LogP) is 1.17. The molecule has 0 bridgehead atoms. The van der Waals surface area contributed by atoms with E-state index in [2.05, 4.69) is 41.1 Å². The number of hydrogen-bond donors (Lipinski definition) is 1. The molecule has 1 heterocycles. The molecule has 0 atom stereocenters. The highest BCUT2D eigenvalue weighted by Gasteiger charge is 2.08. The van der Waals surface area contributed by atoms with E-state index in [4.69, 9.17) is 4.42 Å². The minimum atomic E-state index is 0.705. The Kier molecular flexibility index (Phi) is 6.00. The third-order valence-electron chi connectivity index (χ3n) is 2.52. The summed E-state index contributed by atoms with van der Waals surface area (Å²) in [5.74, 6) is 0. The standard InChI is InChI=1S/C12H24N4O/c1-5-13-9-11-10-17-12(14-11)16(4)8-6-7-15(2)3/h10,13H,5-9H2,1-4H3. The number of oxazole rings is 1. The molecule has 0 aliphatic rings. The van der Waals surface area contributed by atoms with Crippen molar-refractivity contribution in [2.45, 2.75) is 19.9 Å². The van der Waals surface area contributed by atoms with Crippen molar-refractivity contribution in [3.8, 4) is 0 Å². The van der Waals surface area contributed by atoms with Crippen LogP contribution >= 0.6 is 0 Å². The zero-order valence-electron chi connectivity index (χ0n) is 11.4. The average molecular weight is 240 g/mol. The second-order valence-corrected chi connectivity index (χ2v) is 4.48. The van der Waals surface area contributed by atoms with Crippen molar-refractivity contribution in [3.63, 3.8) is 0 Å². The molecule has 1 N–H and O–H groups in total. The van der Waals surface area contributed by atoms with Crippen LogP contribution in [-0.4, -0.2) is 50.7 Å². The number of anilines is 1. The summed E-state index contributed by atoms with van der Waals surface area (Å²) in [6.45, 7) is 5.83. The zero-order valence-corrected chi connectivity index (χ0v) is 11.4. The molecule has 0 spiro atoms. The molecule has 0 radical (unpaired) electrons. The van der Waals surface area contributed by atoms with Crippen molar-refractivity contribution in [1.82, 2.24) is 15.2 Å². The van der Waals surface area contributed by atoms with Crippen LogP contribution in [0.2, 0.25) is 0 Å². The predicted molar refractivity (Wildman–Crippen MR) is 70.3 cm³/mol. The van der Waals surface area contributed by atoms with Crippen LogP contribution < -0.4 is 10.2 Å². The molecule has 5 heteroatoms. The van der Waals surface area contributed by atoms with Gasteiger partial charge in [-0.3, -0.25) is 0 Å². The zero-order chi connectivity index (χ0) is 12.7. The molecule has 0 aliphatic heterocycles. The lowest BCUT2D eigenvalue weighted by Crippen LogP contribution is -2.23. The van der Waals surface area contributed by atoms with Crippen LogP contribution in [0.1, 0.15) is 19.0 Å². The molecule has 0 saturated carbocycles. The first kappa shape index (κ1) is 14.0. The number of nitrogens with zero attached hydrogens (tertiary/aromatic N) is 3. The molecule has 5 nitrogen and oxygen atoms in total. The van der Waals surface area contributed by atoms with Gasteiger partial charge in [-0.1, -0.05) is 6.92 Å². The van der Waals surface area contributed by atoms with Crippen LogP contribution in [0.4, 0.5) is 6.01 Å². The van der Waals surface area contributed by atoms with E-state index in [-0.39, 0.29) is 0 Å². The fourth-order valence-corrected chi connectivity index (χ4v) is 1.53. The molecule has 0 saturated heterocycles. The fourth-order valence-electron chi connectivity index (χ4n) is 1.53. The summed E-state index contributed by atoms with van der Waals surface area (Å²) in [5.41, 5.74) is 0.960. The van der Waals surface area contributed by atoms with Crippen molar-refractivity contribution in [1.29, 1.82) is 0 Å².